The zero-order chi connectivity index (χ0) is 20.9. The molecule has 0 unspecified atom stereocenters. The molecule has 0 radical (unpaired) electrons. The number of halogens is 1. The molecule has 0 saturated carbocycles. The van der Waals surface area contributed by atoms with Crippen LogP contribution in [0.3, 0.4) is 0 Å². The largest absolute Gasteiger partial charge is 0.497 e. The van der Waals surface area contributed by atoms with E-state index in [-0.39, 0.29) is 22.8 Å². The van der Waals surface area contributed by atoms with Crippen molar-refractivity contribution in [2.75, 3.05) is 20.0 Å². The van der Waals surface area contributed by atoms with Gasteiger partial charge in [0.05, 0.1) is 37.6 Å². The van der Waals surface area contributed by atoms with Gasteiger partial charge < -0.3 is 14.0 Å². The van der Waals surface area contributed by atoms with Crippen LogP contribution in [0.15, 0.2) is 78.0 Å². The Balaban J connectivity index is 0.00000272. The molecule has 0 atom stereocenters. The van der Waals surface area contributed by atoms with E-state index in [0.29, 0.717) is 17.9 Å². The molecule has 0 bridgehead atoms. The van der Waals surface area contributed by atoms with Gasteiger partial charge in [0, 0.05) is 11.6 Å². The lowest BCUT2D eigenvalue weighted by molar-refractivity contribution is 0.102. The van der Waals surface area contributed by atoms with Crippen molar-refractivity contribution >= 4 is 45.6 Å². The Bertz CT molecular complexity index is 1160. The lowest BCUT2D eigenvalue weighted by atomic mass is 10.1. The fourth-order valence-corrected chi connectivity index (χ4v) is 4.14. The van der Waals surface area contributed by atoms with E-state index in [4.69, 9.17) is 14.5 Å². The number of carbonyl (C=O) groups excluding carboxylic acids is 1. The Labute approximate surface area is 196 Å². The predicted octanol–water partition coefficient (Wildman–Crippen LogP) is 5.65. The van der Waals surface area contributed by atoms with E-state index in [0.717, 1.165) is 27.7 Å². The monoisotopic (exact) mass is 498 g/mol. The number of benzene rings is 3. The van der Waals surface area contributed by atoms with Gasteiger partial charge in [0.25, 0.3) is 0 Å². The molecule has 0 aliphatic rings. The number of imidazole rings is 1. The number of carbonyl (C=O) groups is 1. The molecule has 31 heavy (non-hydrogen) atoms. The van der Waals surface area contributed by atoms with E-state index < -0.39 is 0 Å². The molecule has 7 heteroatoms. The van der Waals surface area contributed by atoms with Gasteiger partial charge in [0.15, 0.2) is 10.9 Å². The minimum atomic E-state index is 0. The standard InChI is InChI=1S/C24H22N2O3S.BrH/c1-28-19-10-8-18(9-11-19)23(27)16-30-24-25-21-14-20(29-2)12-13-22(21)26(24)15-17-6-4-3-5-7-17;/h3-14H,15-16H2,1-2H3;1H. The molecule has 0 N–H and O–H groups in total. The highest BCUT2D eigenvalue weighted by molar-refractivity contribution is 8.93. The van der Waals surface area contributed by atoms with E-state index in [1.807, 2.05) is 36.4 Å². The van der Waals surface area contributed by atoms with Gasteiger partial charge in [-0.1, -0.05) is 42.1 Å². The second-order valence-electron chi connectivity index (χ2n) is 6.76. The van der Waals surface area contributed by atoms with E-state index in [1.165, 1.54) is 17.3 Å². The topological polar surface area (TPSA) is 53.4 Å². The second kappa shape index (κ2) is 10.5. The summed E-state index contributed by atoms with van der Waals surface area (Å²) < 4.78 is 12.7. The van der Waals surface area contributed by atoms with Gasteiger partial charge >= 0.3 is 0 Å². The Hall–Kier alpha value is -2.77. The van der Waals surface area contributed by atoms with Crippen LogP contribution in [-0.2, 0) is 6.54 Å². The Kier molecular flexibility index (Phi) is 7.76. The molecule has 4 rings (SSSR count). The van der Waals surface area contributed by atoms with E-state index in [1.54, 1.807) is 38.5 Å². The van der Waals surface area contributed by atoms with Crippen molar-refractivity contribution in [2.24, 2.45) is 0 Å². The number of rotatable bonds is 8. The van der Waals surface area contributed by atoms with Crippen LogP contribution in [0.5, 0.6) is 11.5 Å². The van der Waals surface area contributed by atoms with Gasteiger partial charge in [0.2, 0.25) is 0 Å². The van der Waals surface area contributed by atoms with Crippen LogP contribution in [0, 0.1) is 0 Å². The van der Waals surface area contributed by atoms with Gasteiger partial charge in [-0.15, -0.1) is 17.0 Å². The third-order valence-corrected chi connectivity index (χ3v) is 5.82. The number of fused-ring (bicyclic) bond motifs is 1. The molecular weight excluding hydrogens is 476 g/mol. The molecule has 1 heterocycles. The summed E-state index contributed by atoms with van der Waals surface area (Å²) in [5.74, 6) is 1.86. The first kappa shape index (κ1) is 22.9. The van der Waals surface area contributed by atoms with Crippen LogP contribution in [0.2, 0.25) is 0 Å². The maximum Gasteiger partial charge on any atom is 0.173 e. The summed E-state index contributed by atoms with van der Waals surface area (Å²) in [6, 6.07) is 23.3. The van der Waals surface area contributed by atoms with Gasteiger partial charge in [-0.2, -0.15) is 0 Å². The summed E-state index contributed by atoms with van der Waals surface area (Å²) in [6.45, 7) is 0.683. The lowest BCUT2D eigenvalue weighted by Gasteiger charge is -2.09. The number of aromatic nitrogens is 2. The molecule has 0 aliphatic carbocycles. The van der Waals surface area contributed by atoms with Gasteiger partial charge in [-0.3, -0.25) is 4.79 Å². The van der Waals surface area contributed by atoms with Crippen molar-refractivity contribution in [3.8, 4) is 11.5 Å². The second-order valence-corrected chi connectivity index (χ2v) is 7.70. The Morgan fingerprint density at radius 1 is 0.935 bits per heavy atom. The molecule has 5 nitrogen and oxygen atoms in total. The van der Waals surface area contributed by atoms with Crippen LogP contribution in [0.1, 0.15) is 15.9 Å². The zero-order valence-electron chi connectivity index (χ0n) is 17.3. The summed E-state index contributed by atoms with van der Waals surface area (Å²) in [4.78, 5) is 17.5. The van der Waals surface area contributed by atoms with Crippen LogP contribution in [0.25, 0.3) is 11.0 Å². The minimum absolute atomic E-state index is 0. The Morgan fingerprint density at radius 2 is 1.61 bits per heavy atom. The average molecular weight is 499 g/mol. The van der Waals surface area contributed by atoms with E-state index >= 15 is 0 Å². The minimum Gasteiger partial charge on any atom is -0.497 e. The number of thioether (sulfide) groups is 1. The van der Waals surface area contributed by atoms with Crippen molar-refractivity contribution in [3.63, 3.8) is 0 Å². The molecule has 0 amide bonds. The predicted molar refractivity (Wildman–Crippen MR) is 130 cm³/mol. The first-order valence-electron chi connectivity index (χ1n) is 9.56. The first-order valence-corrected chi connectivity index (χ1v) is 10.5. The lowest BCUT2D eigenvalue weighted by Crippen LogP contribution is -2.06. The number of hydrogen-bond donors (Lipinski definition) is 0. The van der Waals surface area contributed by atoms with Gasteiger partial charge in [-0.05, 0) is 42.0 Å². The van der Waals surface area contributed by atoms with Crippen molar-refractivity contribution in [1.82, 2.24) is 9.55 Å². The van der Waals surface area contributed by atoms with Crippen molar-refractivity contribution in [1.29, 1.82) is 0 Å². The van der Waals surface area contributed by atoms with Crippen LogP contribution < -0.4 is 9.47 Å². The number of ether oxygens (including phenoxy) is 2. The number of ketones is 1. The maximum atomic E-state index is 12.7. The highest BCUT2D eigenvalue weighted by atomic mass is 79.9. The molecule has 3 aromatic carbocycles. The number of nitrogens with zero attached hydrogens (tertiary/aromatic N) is 2. The van der Waals surface area contributed by atoms with Gasteiger partial charge in [-0.25, -0.2) is 4.98 Å². The molecule has 0 fully saturated rings. The van der Waals surface area contributed by atoms with E-state index in [9.17, 15) is 4.79 Å². The SMILES string of the molecule is Br.COc1ccc(C(=O)CSc2nc3cc(OC)ccc3n2Cc2ccccc2)cc1. The number of methoxy groups -OCH3 is 2. The summed E-state index contributed by atoms with van der Waals surface area (Å²) in [5.41, 5.74) is 3.70. The number of hydrogen-bond acceptors (Lipinski definition) is 5. The quantitative estimate of drug-likeness (QED) is 0.232. The molecule has 0 spiro atoms. The molecular formula is C24H23BrN2O3S. The van der Waals surface area contributed by atoms with Crippen LogP contribution in [-0.4, -0.2) is 35.3 Å². The third kappa shape index (κ3) is 5.29. The Morgan fingerprint density at radius 3 is 2.29 bits per heavy atom. The fourth-order valence-electron chi connectivity index (χ4n) is 3.23. The van der Waals surface area contributed by atoms with Gasteiger partial charge in [0.1, 0.15) is 11.5 Å². The summed E-state index contributed by atoms with van der Waals surface area (Å²) in [5, 5.41) is 0.809. The molecule has 1 aromatic heterocycles. The summed E-state index contributed by atoms with van der Waals surface area (Å²) >= 11 is 1.45. The van der Waals surface area contributed by atoms with Crippen molar-refractivity contribution < 1.29 is 14.3 Å². The smallest absolute Gasteiger partial charge is 0.173 e. The molecule has 0 saturated heterocycles. The average Bonchev–Trinajstić information content (AvgIpc) is 3.14. The number of Topliss-reactive ketones (excluding diaryl/α,β-unsaturated/α-hetero) is 1. The molecule has 0 aliphatic heterocycles. The highest BCUT2D eigenvalue weighted by Gasteiger charge is 2.15. The first-order chi connectivity index (χ1) is 14.7. The fraction of sp³-hybridized carbons (Fsp3) is 0.167. The maximum absolute atomic E-state index is 12.7. The molecule has 4 aromatic rings. The summed E-state index contributed by atoms with van der Waals surface area (Å²) in [7, 11) is 3.25. The van der Waals surface area contributed by atoms with Crippen molar-refractivity contribution in [3.05, 3.63) is 83.9 Å². The highest BCUT2D eigenvalue weighted by Crippen LogP contribution is 2.28. The normalized spacial score (nSPS) is 10.5. The zero-order valence-corrected chi connectivity index (χ0v) is 19.8. The summed E-state index contributed by atoms with van der Waals surface area (Å²) in [6.07, 6.45) is 0. The van der Waals surface area contributed by atoms with Crippen molar-refractivity contribution in [2.45, 2.75) is 11.7 Å². The van der Waals surface area contributed by atoms with Crippen LogP contribution >= 0.6 is 28.7 Å². The molecule has 160 valence electrons. The van der Waals surface area contributed by atoms with E-state index in [2.05, 4.69) is 16.7 Å². The third-order valence-electron chi connectivity index (χ3n) is 4.85. The van der Waals surface area contributed by atoms with Crippen LogP contribution in [0.4, 0.5) is 0 Å².